The van der Waals surface area contributed by atoms with Gasteiger partial charge in [-0.1, -0.05) is 111 Å². The zero-order chi connectivity index (χ0) is 23.9. The zero-order valence-electron chi connectivity index (χ0n) is 20.6. The molecule has 0 radical (unpaired) electrons. The highest BCUT2D eigenvalue weighted by Crippen LogP contribution is 2.44. The van der Waals surface area contributed by atoms with Crippen molar-refractivity contribution in [3.63, 3.8) is 0 Å². The van der Waals surface area contributed by atoms with Crippen molar-refractivity contribution in [2.45, 2.75) is 32.7 Å². The number of hydrogen-bond acceptors (Lipinski definition) is 1. The molecule has 0 saturated heterocycles. The van der Waals surface area contributed by atoms with Crippen LogP contribution in [0.3, 0.4) is 0 Å². The van der Waals surface area contributed by atoms with E-state index in [-0.39, 0.29) is 5.04 Å². The van der Waals surface area contributed by atoms with E-state index in [1.165, 1.54) is 48.5 Å². The van der Waals surface area contributed by atoms with E-state index in [0.29, 0.717) is 0 Å². The molecule has 0 atom stereocenters. The van der Waals surface area contributed by atoms with Gasteiger partial charge in [0.2, 0.25) is 0 Å². The molecular formula is C32H28N2Si. The number of pyridine rings is 1. The molecule has 0 N–H and O–H groups in total. The Bertz CT molecular complexity index is 1740. The van der Waals surface area contributed by atoms with Gasteiger partial charge in [0.25, 0.3) is 0 Å². The van der Waals surface area contributed by atoms with Crippen molar-refractivity contribution in [2.75, 3.05) is 0 Å². The van der Waals surface area contributed by atoms with Gasteiger partial charge in [-0.15, -0.1) is 0 Å². The van der Waals surface area contributed by atoms with E-state index >= 15 is 0 Å². The molecule has 4 aromatic carbocycles. The Morgan fingerprint density at radius 2 is 1.26 bits per heavy atom. The number of aromatic nitrogens is 2. The van der Waals surface area contributed by atoms with Gasteiger partial charge < -0.3 is 0 Å². The molecule has 0 spiro atoms. The number of rotatable bonds is 2. The van der Waals surface area contributed by atoms with Crippen LogP contribution >= 0.6 is 0 Å². The van der Waals surface area contributed by atoms with E-state index in [1.807, 2.05) is 0 Å². The van der Waals surface area contributed by atoms with Gasteiger partial charge in [0.15, 0.2) is 8.07 Å². The van der Waals surface area contributed by atoms with E-state index in [9.17, 15) is 0 Å². The van der Waals surface area contributed by atoms with Crippen LogP contribution in [-0.4, -0.2) is 17.5 Å². The first-order valence-electron chi connectivity index (χ1n) is 12.4. The SMILES string of the molecule is Cc1nc2c3ccccc3c3c(C)ccc4c3n2c1[Si](c1ccccc1)(c1ccccc1)C4(C)C. The lowest BCUT2D eigenvalue weighted by Gasteiger charge is -2.49. The molecule has 2 nitrogen and oxygen atoms in total. The Balaban J connectivity index is 1.84. The minimum atomic E-state index is -2.59. The highest BCUT2D eigenvalue weighted by atomic mass is 28.3. The fraction of sp³-hybridized carbons (Fsp3) is 0.156. The lowest BCUT2D eigenvalue weighted by Crippen LogP contribution is -2.79. The second-order valence-electron chi connectivity index (χ2n) is 10.5. The zero-order valence-corrected chi connectivity index (χ0v) is 21.6. The van der Waals surface area contributed by atoms with Gasteiger partial charge in [0.05, 0.1) is 11.2 Å². The number of fused-ring (bicyclic) bond motifs is 3. The molecule has 0 bridgehead atoms. The van der Waals surface area contributed by atoms with Crippen molar-refractivity contribution in [1.29, 1.82) is 0 Å². The molecule has 0 saturated carbocycles. The number of benzene rings is 4. The number of aryl methyl sites for hydroxylation is 2. The third-order valence-electron chi connectivity index (χ3n) is 8.48. The van der Waals surface area contributed by atoms with Gasteiger partial charge in [-0.25, -0.2) is 4.98 Å². The second-order valence-corrected chi connectivity index (χ2v) is 14.9. The largest absolute Gasteiger partial charge is 0.299 e. The smallest absolute Gasteiger partial charge is 0.181 e. The first-order valence-corrected chi connectivity index (χ1v) is 14.4. The molecule has 3 heteroatoms. The molecule has 3 heterocycles. The summed E-state index contributed by atoms with van der Waals surface area (Å²) in [5.74, 6) is 0. The molecule has 6 aromatic rings. The summed E-state index contributed by atoms with van der Waals surface area (Å²) in [6.45, 7) is 9.45. The standard InChI is InChI=1S/C32H28N2Si/c1-21-19-20-27-29-28(21)25-17-11-12-18-26(25)30-33-22(2)31(34(29)30)35(32(27,3)4,23-13-7-5-8-14-23)24-15-9-6-10-16-24/h5-20H,1-4H3. The Kier molecular flexibility index (Phi) is 4.09. The van der Waals surface area contributed by atoms with Gasteiger partial charge in [0.1, 0.15) is 5.65 Å². The maximum absolute atomic E-state index is 5.33. The van der Waals surface area contributed by atoms with Crippen LogP contribution in [0.15, 0.2) is 97.1 Å². The summed E-state index contributed by atoms with van der Waals surface area (Å²) in [6, 6.07) is 36.1. The van der Waals surface area contributed by atoms with E-state index in [4.69, 9.17) is 4.98 Å². The van der Waals surface area contributed by atoms with Crippen molar-refractivity contribution in [3.05, 3.63) is 114 Å². The van der Waals surface area contributed by atoms with E-state index in [0.717, 1.165) is 11.3 Å². The van der Waals surface area contributed by atoms with Gasteiger partial charge in [0, 0.05) is 21.1 Å². The summed E-state index contributed by atoms with van der Waals surface area (Å²) >= 11 is 0. The van der Waals surface area contributed by atoms with Crippen LogP contribution in [0.4, 0.5) is 0 Å². The molecule has 0 fully saturated rings. The Morgan fingerprint density at radius 3 is 1.89 bits per heavy atom. The van der Waals surface area contributed by atoms with E-state index in [1.54, 1.807) is 0 Å². The number of hydrogen-bond donors (Lipinski definition) is 0. The molecule has 7 rings (SSSR count). The summed E-state index contributed by atoms with van der Waals surface area (Å²) in [6.07, 6.45) is 0. The monoisotopic (exact) mass is 468 g/mol. The molecule has 2 aromatic heterocycles. The van der Waals surface area contributed by atoms with Crippen molar-refractivity contribution in [1.82, 2.24) is 9.38 Å². The summed E-state index contributed by atoms with van der Waals surface area (Å²) in [5.41, 5.74) is 6.34. The van der Waals surface area contributed by atoms with Crippen LogP contribution in [0.5, 0.6) is 0 Å². The number of imidazole rings is 1. The predicted molar refractivity (Wildman–Crippen MR) is 150 cm³/mol. The first-order chi connectivity index (χ1) is 17.0. The fourth-order valence-corrected chi connectivity index (χ4v) is 13.1. The first kappa shape index (κ1) is 20.7. The molecule has 1 aliphatic rings. The molecular weight excluding hydrogens is 440 g/mol. The molecule has 0 aliphatic carbocycles. The summed E-state index contributed by atoms with van der Waals surface area (Å²) in [7, 11) is -2.59. The lowest BCUT2D eigenvalue weighted by molar-refractivity contribution is 0.731. The molecule has 35 heavy (non-hydrogen) atoms. The van der Waals surface area contributed by atoms with Crippen LogP contribution in [0.25, 0.3) is 27.3 Å². The Labute approximate surface area is 206 Å². The van der Waals surface area contributed by atoms with Gasteiger partial charge in [-0.2, -0.15) is 0 Å². The molecule has 0 amide bonds. The summed E-state index contributed by atoms with van der Waals surface area (Å²) in [5, 5.41) is 8.10. The Hall–Kier alpha value is -3.69. The summed E-state index contributed by atoms with van der Waals surface area (Å²) in [4.78, 5) is 5.33. The fourth-order valence-electron chi connectivity index (χ4n) is 7.07. The van der Waals surface area contributed by atoms with Crippen LogP contribution in [0, 0.1) is 13.8 Å². The van der Waals surface area contributed by atoms with Crippen LogP contribution in [-0.2, 0) is 5.04 Å². The van der Waals surface area contributed by atoms with Crippen LogP contribution in [0.2, 0.25) is 0 Å². The Morgan fingerprint density at radius 1 is 0.686 bits per heavy atom. The molecule has 170 valence electrons. The third kappa shape index (κ3) is 2.37. The van der Waals surface area contributed by atoms with Gasteiger partial charge in [-0.05, 0) is 40.7 Å². The van der Waals surface area contributed by atoms with Crippen molar-refractivity contribution in [2.24, 2.45) is 0 Å². The maximum Gasteiger partial charge on any atom is 0.181 e. The topological polar surface area (TPSA) is 17.3 Å². The quantitative estimate of drug-likeness (QED) is 0.240. The number of nitrogens with zero attached hydrogens (tertiary/aromatic N) is 2. The van der Waals surface area contributed by atoms with Gasteiger partial charge in [-0.3, -0.25) is 4.40 Å². The van der Waals surface area contributed by atoms with Crippen molar-refractivity contribution < 1.29 is 0 Å². The molecule has 0 unspecified atom stereocenters. The van der Waals surface area contributed by atoms with E-state index < -0.39 is 8.07 Å². The summed E-state index contributed by atoms with van der Waals surface area (Å²) < 4.78 is 2.56. The second kappa shape index (κ2) is 6.93. The average Bonchev–Trinajstić information content (AvgIpc) is 3.23. The van der Waals surface area contributed by atoms with Gasteiger partial charge >= 0.3 is 0 Å². The normalized spacial score (nSPS) is 15.9. The third-order valence-corrected chi connectivity index (χ3v) is 14.3. The lowest BCUT2D eigenvalue weighted by atomic mass is 9.93. The predicted octanol–water partition coefficient (Wildman–Crippen LogP) is 5.56. The van der Waals surface area contributed by atoms with E-state index in [2.05, 4.69) is 129 Å². The highest BCUT2D eigenvalue weighted by Gasteiger charge is 2.58. The van der Waals surface area contributed by atoms with Crippen LogP contribution in [0.1, 0.15) is 30.7 Å². The minimum Gasteiger partial charge on any atom is -0.299 e. The van der Waals surface area contributed by atoms with Crippen LogP contribution < -0.4 is 15.7 Å². The van der Waals surface area contributed by atoms with Crippen molar-refractivity contribution in [3.8, 4) is 0 Å². The maximum atomic E-state index is 5.33. The molecule has 1 aliphatic heterocycles. The average molecular weight is 469 g/mol. The van der Waals surface area contributed by atoms with Crippen molar-refractivity contribution >= 4 is 51.1 Å². The highest BCUT2D eigenvalue weighted by molar-refractivity contribution is 7.13. The minimum absolute atomic E-state index is 0.0994.